The molecule has 0 radical (unpaired) electrons. The number of methoxy groups -OCH3 is 1. The summed E-state index contributed by atoms with van der Waals surface area (Å²) in [6.07, 6.45) is 3.76. The number of hydrogen-bond acceptors (Lipinski definition) is 4. The van der Waals surface area contributed by atoms with Crippen LogP contribution in [-0.4, -0.2) is 17.0 Å². The summed E-state index contributed by atoms with van der Waals surface area (Å²) in [5.74, 6) is 0.778. The van der Waals surface area contributed by atoms with E-state index in [0.717, 1.165) is 17.0 Å². The molecule has 0 aliphatic carbocycles. The van der Waals surface area contributed by atoms with Crippen molar-refractivity contribution < 1.29 is 9.66 Å². The first-order valence-electron chi connectivity index (χ1n) is 7.04. The number of ether oxygens (including phenoxy) is 1. The van der Waals surface area contributed by atoms with Gasteiger partial charge in [-0.2, -0.15) is 0 Å². The molecule has 0 saturated carbocycles. The van der Waals surface area contributed by atoms with Gasteiger partial charge < -0.3 is 4.74 Å². The lowest BCUT2D eigenvalue weighted by molar-refractivity contribution is -0.383. The zero-order valence-electron chi connectivity index (χ0n) is 12.5. The van der Waals surface area contributed by atoms with Crippen LogP contribution in [0, 0.1) is 10.1 Å². The van der Waals surface area contributed by atoms with E-state index in [1.807, 2.05) is 36.4 Å². The number of para-hydroxylation sites is 1. The first-order chi connectivity index (χ1) is 11.2. The Hall–Kier alpha value is -3.21. The van der Waals surface area contributed by atoms with Crippen molar-refractivity contribution in [2.45, 2.75) is 0 Å². The molecule has 0 N–H and O–H groups in total. The van der Waals surface area contributed by atoms with Gasteiger partial charge in [0.15, 0.2) is 0 Å². The van der Waals surface area contributed by atoms with E-state index in [0.29, 0.717) is 10.9 Å². The average molecular weight is 306 g/mol. The average Bonchev–Trinajstić information content (AvgIpc) is 2.59. The molecule has 2 aromatic carbocycles. The maximum absolute atomic E-state index is 11.0. The summed E-state index contributed by atoms with van der Waals surface area (Å²) in [4.78, 5) is 15.1. The lowest BCUT2D eigenvalue weighted by atomic mass is 10.1. The van der Waals surface area contributed by atoms with Gasteiger partial charge >= 0.3 is 0 Å². The van der Waals surface area contributed by atoms with Crippen molar-refractivity contribution in [3.8, 4) is 5.75 Å². The van der Waals surface area contributed by atoms with Crippen molar-refractivity contribution in [2.75, 3.05) is 7.11 Å². The van der Waals surface area contributed by atoms with Gasteiger partial charge in [-0.1, -0.05) is 24.3 Å². The number of nitro benzene ring substituents is 1. The van der Waals surface area contributed by atoms with Gasteiger partial charge in [0.2, 0.25) is 0 Å². The molecule has 3 rings (SSSR count). The van der Waals surface area contributed by atoms with Crippen LogP contribution in [-0.2, 0) is 0 Å². The van der Waals surface area contributed by atoms with E-state index in [1.165, 1.54) is 6.07 Å². The quantitative estimate of drug-likeness (QED) is 0.532. The highest BCUT2D eigenvalue weighted by atomic mass is 16.6. The molecule has 0 atom stereocenters. The van der Waals surface area contributed by atoms with Crippen molar-refractivity contribution in [3.05, 3.63) is 76.0 Å². The zero-order valence-corrected chi connectivity index (χ0v) is 12.5. The number of rotatable bonds is 4. The van der Waals surface area contributed by atoms with E-state index in [1.54, 1.807) is 31.4 Å². The van der Waals surface area contributed by atoms with Gasteiger partial charge in [-0.3, -0.25) is 10.1 Å². The van der Waals surface area contributed by atoms with Crippen LogP contribution in [0.1, 0.15) is 11.3 Å². The van der Waals surface area contributed by atoms with Crippen LogP contribution >= 0.6 is 0 Å². The fraction of sp³-hybridized carbons (Fsp3) is 0.0556. The lowest BCUT2D eigenvalue weighted by Gasteiger charge is -2.03. The summed E-state index contributed by atoms with van der Waals surface area (Å²) in [6, 6.07) is 16.0. The molecule has 0 aliphatic heterocycles. The first-order valence-corrected chi connectivity index (χ1v) is 7.04. The molecular formula is C18H14N2O3. The summed E-state index contributed by atoms with van der Waals surface area (Å²) in [6.45, 7) is 0. The fourth-order valence-corrected chi connectivity index (χ4v) is 2.39. The highest BCUT2D eigenvalue weighted by Gasteiger charge is 2.11. The Morgan fingerprint density at radius 3 is 2.65 bits per heavy atom. The second-order valence-electron chi connectivity index (χ2n) is 4.91. The number of aromatic nitrogens is 1. The number of fused-ring (bicyclic) bond motifs is 1. The van der Waals surface area contributed by atoms with E-state index in [2.05, 4.69) is 4.98 Å². The maximum Gasteiger partial charge on any atom is 0.278 e. The van der Waals surface area contributed by atoms with Crippen LogP contribution in [0.3, 0.4) is 0 Å². The van der Waals surface area contributed by atoms with Crippen molar-refractivity contribution in [3.63, 3.8) is 0 Å². The van der Waals surface area contributed by atoms with Gasteiger partial charge in [-0.15, -0.1) is 0 Å². The monoisotopic (exact) mass is 306 g/mol. The number of non-ortho nitro benzene ring substituents is 1. The molecular weight excluding hydrogens is 292 g/mol. The van der Waals surface area contributed by atoms with E-state index in [-0.39, 0.29) is 5.69 Å². The molecule has 0 amide bonds. The van der Waals surface area contributed by atoms with Crippen molar-refractivity contribution in [1.82, 2.24) is 4.98 Å². The van der Waals surface area contributed by atoms with Gasteiger partial charge in [-0.05, 0) is 36.4 Å². The summed E-state index contributed by atoms with van der Waals surface area (Å²) < 4.78 is 5.30. The normalized spacial score (nSPS) is 11.0. The fourth-order valence-electron chi connectivity index (χ4n) is 2.39. The van der Waals surface area contributed by atoms with Gasteiger partial charge in [0.25, 0.3) is 5.69 Å². The SMILES string of the molecule is COc1ccccc1/C=C/c1ccc2c([N+](=O)[O-])cccc2n1. The molecule has 0 unspecified atom stereocenters. The van der Waals surface area contributed by atoms with Crippen LogP contribution in [0.5, 0.6) is 5.75 Å². The van der Waals surface area contributed by atoms with E-state index in [9.17, 15) is 10.1 Å². The largest absolute Gasteiger partial charge is 0.496 e. The van der Waals surface area contributed by atoms with Gasteiger partial charge in [0, 0.05) is 11.6 Å². The third-order valence-electron chi connectivity index (χ3n) is 3.50. The highest BCUT2D eigenvalue weighted by molar-refractivity contribution is 5.89. The van der Waals surface area contributed by atoms with Crippen LogP contribution in [0.15, 0.2) is 54.6 Å². The van der Waals surface area contributed by atoms with E-state index in [4.69, 9.17) is 4.74 Å². The third kappa shape index (κ3) is 3.03. The van der Waals surface area contributed by atoms with Crippen LogP contribution in [0.25, 0.3) is 23.1 Å². The Labute approximate surface area is 133 Å². The molecule has 0 fully saturated rings. The van der Waals surface area contributed by atoms with Crippen LogP contribution < -0.4 is 4.74 Å². The molecule has 1 heterocycles. The maximum atomic E-state index is 11.0. The highest BCUT2D eigenvalue weighted by Crippen LogP contribution is 2.25. The third-order valence-corrected chi connectivity index (χ3v) is 3.50. The number of nitro groups is 1. The smallest absolute Gasteiger partial charge is 0.278 e. The van der Waals surface area contributed by atoms with Gasteiger partial charge in [0.05, 0.1) is 28.6 Å². The van der Waals surface area contributed by atoms with Gasteiger partial charge in [-0.25, -0.2) is 4.98 Å². The molecule has 114 valence electrons. The molecule has 0 aliphatic rings. The van der Waals surface area contributed by atoms with E-state index >= 15 is 0 Å². The molecule has 3 aromatic rings. The second kappa shape index (κ2) is 6.27. The van der Waals surface area contributed by atoms with E-state index < -0.39 is 4.92 Å². The Balaban J connectivity index is 1.98. The molecule has 5 nitrogen and oxygen atoms in total. The molecule has 1 aromatic heterocycles. The molecule has 0 saturated heterocycles. The topological polar surface area (TPSA) is 65.3 Å². The van der Waals surface area contributed by atoms with Crippen LogP contribution in [0.4, 0.5) is 5.69 Å². The minimum atomic E-state index is -0.394. The molecule has 23 heavy (non-hydrogen) atoms. The minimum absolute atomic E-state index is 0.0651. The predicted octanol–water partition coefficient (Wildman–Crippen LogP) is 4.32. The summed E-state index contributed by atoms with van der Waals surface area (Å²) in [7, 11) is 1.63. The Bertz CT molecular complexity index is 904. The molecule has 0 spiro atoms. The standard InChI is InChI=1S/C18H14N2O3/c1-23-18-8-3-2-5-13(18)9-10-14-11-12-15-16(19-14)6-4-7-17(15)20(21)22/h2-12H,1H3/b10-9+. The second-order valence-corrected chi connectivity index (χ2v) is 4.91. The number of pyridine rings is 1. The molecule has 0 bridgehead atoms. The Morgan fingerprint density at radius 2 is 1.87 bits per heavy atom. The van der Waals surface area contributed by atoms with Crippen molar-refractivity contribution in [2.24, 2.45) is 0 Å². The van der Waals surface area contributed by atoms with Crippen molar-refractivity contribution >= 4 is 28.7 Å². The van der Waals surface area contributed by atoms with Crippen LogP contribution in [0.2, 0.25) is 0 Å². The zero-order chi connectivity index (χ0) is 16.2. The minimum Gasteiger partial charge on any atom is -0.496 e. The Morgan fingerprint density at radius 1 is 1.04 bits per heavy atom. The molecule has 5 heteroatoms. The van der Waals surface area contributed by atoms with Crippen molar-refractivity contribution in [1.29, 1.82) is 0 Å². The van der Waals surface area contributed by atoms with Gasteiger partial charge in [0.1, 0.15) is 5.75 Å². The Kier molecular flexibility index (Phi) is 4.01. The number of nitrogens with zero attached hydrogens (tertiary/aromatic N) is 2. The summed E-state index contributed by atoms with van der Waals surface area (Å²) in [5, 5.41) is 11.6. The summed E-state index contributed by atoms with van der Waals surface area (Å²) in [5.41, 5.74) is 2.33. The summed E-state index contributed by atoms with van der Waals surface area (Å²) >= 11 is 0. The first kappa shape index (κ1) is 14.7. The predicted molar refractivity (Wildman–Crippen MR) is 90.3 cm³/mol. The number of hydrogen-bond donors (Lipinski definition) is 0. The number of benzene rings is 2. The lowest BCUT2D eigenvalue weighted by Crippen LogP contribution is -1.91.